The molecule has 0 spiro atoms. The molecule has 9 heteroatoms. The van der Waals surface area contributed by atoms with Gasteiger partial charge in [0.05, 0.1) is 20.2 Å². The van der Waals surface area contributed by atoms with Crippen molar-refractivity contribution in [2.45, 2.75) is 4.21 Å². The van der Waals surface area contributed by atoms with E-state index in [9.17, 15) is 8.42 Å². The van der Waals surface area contributed by atoms with Crippen LogP contribution in [0.3, 0.4) is 0 Å². The van der Waals surface area contributed by atoms with Crippen LogP contribution in [0.15, 0.2) is 32.3 Å². The number of hydrogen-bond donors (Lipinski definition) is 1. The Balaban J connectivity index is 2.43. The number of benzene rings is 1. The first-order chi connectivity index (χ1) is 9.70. The highest BCUT2D eigenvalue weighted by Gasteiger charge is 2.21. The van der Waals surface area contributed by atoms with Gasteiger partial charge >= 0.3 is 0 Å². The van der Waals surface area contributed by atoms with Gasteiger partial charge in [-0.25, -0.2) is 8.42 Å². The van der Waals surface area contributed by atoms with Crippen LogP contribution >= 0.6 is 50.5 Å². The van der Waals surface area contributed by atoms with Crippen molar-refractivity contribution in [3.05, 3.63) is 38.1 Å². The van der Waals surface area contributed by atoms with Crippen molar-refractivity contribution in [1.82, 2.24) is 0 Å². The second-order valence-electron chi connectivity index (χ2n) is 4.35. The minimum Gasteiger partial charge on any atom is -0.376 e. The zero-order valence-electron chi connectivity index (χ0n) is 11.0. The second-order valence-corrected chi connectivity index (χ2v) is 9.47. The van der Waals surface area contributed by atoms with Crippen LogP contribution in [-0.4, -0.2) is 22.5 Å². The van der Waals surface area contributed by atoms with E-state index in [1.807, 2.05) is 14.1 Å². The van der Waals surface area contributed by atoms with E-state index in [1.165, 1.54) is 6.07 Å². The Kier molecular flexibility index (Phi) is 5.10. The molecule has 114 valence electrons. The molecule has 2 aromatic rings. The number of nitrogens with zero attached hydrogens (tertiary/aromatic N) is 1. The summed E-state index contributed by atoms with van der Waals surface area (Å²) in [6, 6.07) is 6.42. The maximum Gasteiger partial charge on any atom is 0.271 e. The number of halogens is 3. The summed E-state index contributed by atoms with van der Waals surface area (Å²) in [6.45, 7) is 0. The summed E-state index contributed by atoms with van der Waals surface area (Å²) in [5.41, 5.74) is 1.12. The lowest BCUT2D eigenvalue weighted by atomic mass is 10.2. The average molecular weight is 430 g/mol. The van der Waals surface area contributed by atoms with E-state index in [-0.39, 0.29) is 4.21 Å². The molecule has 0 bridgehead atoms. The third kappa shape index (κ3) is 3.84. The molecule has 0 fully saturated rings. The fourth-order valence-electron chi connectivity index (χ4n) is 1.63. The summed E-state index contributed by atoms with van der Waals surface area (Å²) in [6.07, 6.45) is 0. The van der Waals surface area contributed by atoms with Gasteiger partial charge < -0.3 is 4.90 Å². The number of thiophene rings is 1. The van der Waals surface area contributed by atoms with E-state index in [4.69, 9.17) is 23.2 Å². The molecular weight excluding hydrogens is 419 g/mol. The van der Waals surface area contributed by atoms with Gasteiger partial charge in [0.15, 0.2) is 0 Å². The number of sulfonamides is 1. The Hall–Kier alpha value is -0.470. The molecule has 0 saturated carbocycles. The Morgan fingerprint density at radius 1 is 1.24 bits per heavy atom. The lowest BCUT2D eigenvalue weighted by Crippen LogP contribution is -2.16. The van der Waals surface area contributed by atoms with Crippen molar-refractivity contribution in [2.24, 2.45) is 0 Å². The summed E-state index contributed by atoms with van der Waals surface area (Å²) in [5, 5.41) is 0.808. The third-order valence-electron chi connectivity index (χ3n) is 2.57. The second kappa shape index (κ2) is 6.34. The zero-order valence-corrected chi connectivity index (χ0v) is 15.8. The molecule has 0 unspecified atom stereocenters. The van der Waals surface area contributed by atoms with E-state index in [2.05, 4.69) is 20.7 Å². The van der Waals surface area contributed by atoms with Crippen LogP contribution in [0.5, 0.6) is 0 Å². The molecule has 4 nitrogen and oxygen atoms in total. The first kappa shape index (κ1) is 16.9. The van der Waals surface area contributed by atoms with Gasteiger partial charge in [-0.1, -0.05) is 23.2 Å². The Labute approximate surface area is 145 Å². The largest absolute Gasteiger partial charge is 0.376 e. The Morgan fingerprint density at radius 3 is 2.43 bits per heavy atom. The summed E-state index contributed by atoms with van der Waals surface area (Å²) in [5.74, 6) is 0. The fraction of sp³-hybridized carbons (Fsp3) is 0.167. The van der Waals surface area contributed by atoms with Gasteiger partial charge in [-0.3, -0.25) is 4.72 Å². The summed E-state index contributed by atoms with van der Waals surface area (Å²) < 4.78 is 28.1. The fourth-order valence-corrected chi connectivity index (χ4v) is 5.27. The minimum atomic E-state index is -3.72. The van der Waals surface area contributed by atoms with Gasteiger partial charge in [-0.05, 0) is 40.2 Å². The molecule has 1 aromatic heterocycles. The predicted octanol–water partition coefficient (Wildman–Crippen LogP) is 4.68. The monoisotopic (exact) mass is 428 g/mol. The van der Waals surface area contributed by atoms with Crippen LogP contribution in [0, 0.1) is 0 Å². The molecule has 1 N–H and O–H groups in total. The zero-order chi connectivity index (χ0) is 15.8. The van der Waals surface area contributed by atoms with Crippen LogP contribution in [0.4, 0.5) is 11.4 Å². The molecule has 0 saturated heterocycles. The molecule has 0 aliphatic rings. The van der Waals surface area contributed by atoms with Crippen molar-refractivity contribution < 1.29 is 8.42 Å². The first-order valence-corrected chi connectivity index (χ1v) is 9.50. The highest BCUT2D eigenvalue weighted by atomic mass is 79.9. The SMILES string of the molecule is CN(C)c1ccc(Cl)cc1NS(=O)(=O)c1cc(Cl)c(Br)s1. The predicted molar refractivity (Wildman–Crippen MR) is 93.6 cm³/mol. The van der Waals surface area contributed by atoms with Crippen molar-refractivity contribution in [2.75, 3.05) is 23.7 Å². The van der Waals surface area contributed by atoms with E-state index < -0.39 is 10.0 Å². The highest BCUT2D eigenvalue weighted by Crippen LogP contribution is 2.36. The Morgan fingerprint density at radius 2 is 1.90 bits per heavy atom. The van der Waals surface area contributed by atoms with Gasteiger partial charge in [-0.2, -0.15) is 0 Å². The van der Waals surface area contributed by atoms with E-state index in [0.29, 0.717) is 25.2 Å². The van der Waals surface area contributed by atoms with Gasteiger partial charge in [-0.15, -0.1) is 11.3 Å². The van der Waals surface area contributed by atoms with Crippen molar-refractivity contribution in [3.8, 4) is 0 Å². The van der Waals surface area contributed by atoms with E-state index in [0.717, 1.165) is 11.3 Å². The van der Waals surface area contributed by atoms with Gasteiger partial charge in [0, 0.05) is 19.1 Å². The number of anilines is 2. The molecule has 0 aliphatic carbocycles. The lowest BCUT2D eigenvalue weighted by molar-refractivity contribution is 0.603. The van der Waals surface area contributed by atoms with Crippen LogP contribution in [-0.2, 0) is 10.0 Å². The van der Waals surface area contributed by atoms with Crippen LogP contribution in [0.25, 0.3) is 0 Å². The maximum absolute atomic E-state index is 12.4. The van der Waals surface area contributed by atoms with Crippen molar-refractivity contribution in [1.29, 1.82) is 0 Å². The number of rotatable bonds is 4. The van der Waals surface area contributed by atoms with Crippen LogP contribution in [0.2, 0.25) is 10.0 Å². The van der Waals surface area contributed by atoms with E-state index in [1.54, 1.807) is 23.1 Å². The van der Waals surface area contributed by atoms with E-state index >= 15 is 0 Å². The molecular formula is C12H11BrCl2N2O2S2. The molecule has 0 radical (unpaired) electrons. The quantitative estimate of drug-likeness (QED) is 0.767. The van der Waals surface area contributed by atoms with Gasteiger partial charge in [0.1, 0.15) is 4.21 Å². The molecule has 21 heavy (non-hydrogen) atoms. The summed E-state index contributed by atoms with van der Waals surface area (Å²) in [7, 11) is -0.0808. The van der Waals surface area contributed by atoms with Crippen molar-refractivity contribution >= 4 is 71.9 Å². The van der Waals surface area contributed by atoms with Gasteiger partial charge in [0.25, 0.3) is 10.0 Å². The topological polar surface area (TPSA) is 49.4 Å². The highest BCUT2D eigenvalue weighted by molar-refractivity contribution is 9.11. The molecule has 2 rings (SSSR count). The normalized spacial score (nSPS) is 11.5. The number of hydrogen-bond acceptors (Lipinski definition) is 4. The van der Waals surface area contributed by atoms with Gasteiger partial charge in [0.2, 0.25) is 0 Å². The maximum atomic E-state index is 12.4. The standard InChI is InChI=1S/C12H11BrCl2N2O2S2/c1-17(2)10-4-3-7(14)5-9(10)16-21(18,19)11-6-8(15)12(13)20-11/h3-6,16H,1-2H3. The molecule has 0 aliphatic heterocycles. The molecule has 1 aromatic carbocycles. The lowest BCUT2D eigenvalue weighted by Gasteiger charge is -2.18. The first-order valence-electron chi connectivity index (χ1n) is 5.65. The van der Waals surface area contributed by atoms with Crippen molar-refractivity contribution in [3.63, 3.8) is 0 Å². The molecule has 1 heterocycles. The minimum absolute atomic E-state index is 0.129. The number of nitrogens with one attached hydrogen (secondary N) is 1. The average Bonchev–Trinajstić information content (AvgIpc) is 2.69. The summed E-state index contributed by atoms with van der Waals surface area (Å²) in [4.78, 5) is 1.80. The third-order valence-corrected chi connectivity index (χ3v) is 7.12. The Bertz CT molecular complexity index is 756. The smallest absolute Gasteiger partial charge is 0.271 e. The summed E-state index contributed by atoms with van der Waals surface area (Å²) >= 11 is 16.1. The van der Waals surface area contributed by atoms with Crippen LogP contribution in [0.1, 0.15) is 0 Å². The molecule has 0 amide bonds. The van der Waals surface area contributed by atoms with Crippen LogP contribution < -0.4 is 9.62 Å². The molecule has 0 atom stereocenters.